The van der Waals surface area contributed by atoms with E-state index >= 15 is 0 Å². The number of nitrogens with zero attached hydrogens (tertiary/aromatic N) is 3. The fourth-order valence-electron chi connectivity index (χ4n) is 3.67. The number of piperidine rings is 1. The molecule has 0 saturated carbocycles. The van der Waals surface area contributed by atoms with Gasteiger partial charge in [-0.05, 0) is 56.0 Å². The third kappa shape index (κ3) is 5.61. The molecule has 31 heavy (non-hydrogen) atoms. The van der Waals surface area contributed by atoms with E-state index in [1.807, 2.05) is 19.1 Å². The Labute approximate surface area is 189 Å². The Bertz CT molecular complexity index is 1010. The molecule has 9 heteroatoms. The summed E-state index contributed by atoms with van der Waals surface area (Å²) < 4.78 is 0.909. The van der Waals surface area contributed by atoms with Crippen molar-refractivity contribution in [1.29, 1.82) is 0 Å². The first-order valence-electron chi connectivity index (χ1n) is 10.1. The summed E-state index contributed by atoms with van der Waals surface area (Å²) in [6, 6.07) is 9.86. The van der Waals surface area contributed by atoms with Gasteiger partial charge >= 0.3 is 0 Å². The topological polar surface area (TPSA) is 95.8 Å². The van der Waals surface area contributed by atoms with E-state index in [2.05, 4.69) is 26.1 Å². The van der Waals surface area contributed by atoms with E-state index in [0.717, 1.165) is 42.4 Å². The highest BCUT2D eigenvalue weighted by molar-refractivity contribution is 9.10. The Morgan fingerprint density at radius 1 is 1.16 bits per heavy atom. The van der Waals surface area contributed by atoms with Gasteiger partial charge in [-0.1, -0.05) is 15.9 Å². The maximum Gasteiger partial charge on any atom is 0.270 e. The largest absolute Gasteiger partial charge is 0.371 e. The smallest absolute Gasteiger partial charge is 0.270 e. The van der Waals surface area contributed by atoms with Crippen LogP contribution < -0.4 is 10.2 Å². The predicted octanol–water partition coefficient (Wildman–Crippen LogP) is 4.37. The minimum Gasteiger partial charge on any atom is -0.371 e. The number of aryl methyl sites for hydroxylation is 1. The quantitative estimate of drug-likeness (QED) is 0.481. The minimum atomic E-state index is -0.514. The van der Waals surface area contributed by atoms with Crippen LogP contribution in [-0.4, -0.2) is 48.3 Å². The summed E-state index contributed by atoms with van der Waals surface area (Å²) in [6.45, 7) is 3.30. The van der Waals surface area contributed by atoms with E-state index in [-0.39, 0.29) is 23.7 Å². The molecule has 1 heterocycles. The molecule has 1 fully saturated rings. The molecule has 0 radical (unpaired) electrons. The molecule has 0 aromatic heterocycles. The Hall–Kier alpha value is -2.94. The van der Waals surface area contributed by atoms with Crippen LogP contribution in [-0.2, 0) is 4.79 Å². The number of rotatable bonds is 6. The number of anilines is 2. The molecule has 3 rings (SSSR count). The van der Waals surface area contributed by atoms with Gasteiger partial charge in [0.15, 0.2) is 0 Å². The van der Waals surface area contributed by atoms with Crippen LogP contribution in [0.25, 0.3) is 0 Å². The summed E-state index contributed by atoms with van der Waals surface area (Å²) >= 11 is 3.39. The molecule has 8 nitrogen and oxygen atoms in total. The number of nitrogens with one attached hydrogen (secondary N) is 1. The summed E-state index contributed by atoms with van der Waals surface area (Å²) in [4.78, 5) is 39.8. The second kappa shape index (κ2) is 9.91. The van der Waals surface area contributed by atoms with Crippen LogP contribution >= 0.6 is 15.9 Å². The lowest BCUT2D eigenvalue weighted by atomic mass is 10.1. The molecular formula is C22H25BrN4O4. The Balaban J connectivity index is 1.78. The van der Waals surface area contributed by atoms with Crippen molar-refractivity contribution < 1.29 is 14.5 Å². The summed E-state index contributed by atoms with van der Waals surface area (Å²) in [5.41, 5.74) is 2.33. The molecule has 0 aliphatic carbocycles. The van der Waals surface area contributed by atoms with Crippen molar-refractivity contribution in [2.75, 3.05) is 36.9 Å². The van der Waals surface area contributed by atoms with Gasteiger partial charge in [0.2, 0.25) is 5.91 Å². The molecular weight excluding hydrogens is 464 g/mol. The van der Waals surface area contributed by atoms with Crippen molar-refractivity contribution in [3.63, 3.8) is 0 Å². The molecule has 0 bridgehead atoms. The van der Waals surface area contributed by atoms with E-state index in [4.69, 9.17) is 0 Å². The molecule has 1 aliphatic rings. The molecule has 2 amide bonds. The minimum absolute atomic E-state index is 0.146. The second-order valence-electron chi connectivity index (χ2n) is 7.67. The average Bonchev–Trinajstić information content (AvgIpc) is 2.75. The standard InChI is InChI=1S/C22H25BrN4O4/c1-15-12-16(23)6-8-19(15)24-21(28)14-25(2)22(29)18-13-17(27(30)31)7-9-20(18)26-10-4-3-5-11-26/h6-9,12-13H,3-5,10-11,14H2,1-2H3,(H,24,28). The van der Waals surface area contributed by atoms with Crippen LogP contribution in [0.1, 0.15) is 35.2 Å². The number of nitro groups is 1. The van der Waals surface area contributed by atoms with Crippen LogP contribution in [0.5, 0.6) is 0 Å². The van der Waals surface area contributed by atoms with Crippen molar-refractivity contribution in [1.82, 2.24) is 4.90 Å². The normalized spacial score (nSPS) is 13.6. The van der Waals surface area contributed by atoms with E-state index < -0.39 is 10.8 Å². The van der Waals surface area contributed by atoms with Gasteiger partial charge in [0.05, 0.1) is 22.7 Å². The first-order valence-corrected chi connectivity index (χ1v) is 10.9. The van der Waals surface area contributed by atoms with Crippen molar-refractivity contribution >= 4 is 44.8 Å². The van der Waals surface area contributed by atoms with Gasteiger partial charge in [0.1, 0.15) is 0 Å². The highest BCUT2D eigenvalue weighted by Gasteiger charge is 2.25. The van der Waals surface area contributed by atoms with Crippen LogP contribution in [0.2, 0.25) is 0 Å². The fraction of sp³-hybridized carbons (Fsp3) is 0.364. The monoisotopic (exact) mass is 488 g/mol. The van der Waals surface area contributed by atoms with E-state index in [9.17, 15) is 19.7 Å². The summed E-state index contributed by atoms with van der Waals surface area (Å²) in [7, 11) is 1.52. The third-order valence-electron chi connectivity index (χ3n) is 5.31. The zero-order valence-electron chi connectivity index (χ0n) is 17.6. The number of non-ortho nitro benzene ring substituents is 1. The Morgan fingerprint density at radius 2 is 1.87 bits per heavy atom. The SMILES string of the molecule is Cc1cc(Br)ccc1NC(=O)CN(C)C(=O)c1cc([N+](=O)[O-])ccc1N1CCCCC1. The van der Waals surface area contributed by atoms with E-state index in [1.165, 1.54) is 24.1 Å². The molecule has 0 unspecified atom stereocenters. The van der Waals surface area contributed by atoms with Gasteiger partial charge in [-0.2, -0.15) is 0 Å². The van der Waals surface area contributed by atoms with Crippen molar-refractivity contribution in [3.8, 4) is 0 Å². The highest BCUT2D eigenvalue weighted by Crippen LogP contribution is 2.29. The van der Waals surface area contributed by atoms with Crippen LogP contribution in [0.3, 0.4) is 0 Å². The van der Waals surface area contributed by atoms with Crippen LogP contribution in [0.4, 0.5) is 17.1 Å². The van der Waals surface area contributed by atoms with Gasteiger partial charge in [0.25, 0.3) is 11.6 Å². The number of halogens is 1. The third-order valence-corrected chi connectivity index (χ3v) is 5.80. The number of nitro benzene ring substituents is 1. The number of hydrogen-bond donors (Lipinski definition) is 1. The molecule has 0 spiro atoms. The lowest BCUT2D eigenvalue weighted by molar-refractivity contribution is -0.384. The number of carbonyl (C=O) groups excluding carboxylic acids is 2. The zero-order valence-corrected chi connectivity index (χ0v) is 19.1. The molecule has 164 valence electrons. The van der Waals surface area contributed by atoms with Crippen molar-refractivity contribution in [3.05, 3.63) is 62.1 Å². The Morgan fingerprint density at radius 3 is 2.52 bits per heavy atom. The molecule has 1 N–H and O–H groups in total. The van der Waals surface area contributed by atoms with Gasteiger partial charge in [-0.3, -0.25) is 19.7 Å². The molecule has 0 atom stereocenters. The molecule has 2 aromatic rings. The van der Waals surface area contributed by atoms with Crippen LogP contribution in [0.15, 0.2) is 40.9 Å². The average molecular weight is 489 g/mol. The number of hydrogen-bond acceptors (Lipinski definition) is 5. The molecule has 1 saturated heterocycles. The molecule has 1 aliphatic heterocycles. The van der Waals surface area contributed by atoms with Crippen molar-refractivity contribution in [2.45, 2.75) is 26.2 Å². The van der Waals surface area contributed by atoms with E-state index in [0.29, 0.717) is 11.4 Å². The van der Waals surface area contributed by atoms with Crippen molar-refractivity contribution in [2.24, 2.45) is 0 Å². The number of likely N-dealkylation sites (N-methyl/N-ethyl adjacent to an activating group) is 1. The summed E-state index contributed by atoms with van der Waals surface area (Å²) in [5.74, 6) is -0.766. The first-order chi connectivity index (χ1) is 14.8. The van der Waals surface area contributed by atoms with E-state index in [1.54, 1.807) is 12.1 Å². The lowest BCUT2D eigenvalue weighted by Gasteiger charge is -2.31. The summed E-state index contributed by atoms with van der Waals surface area (Å²) in [5, 5.41) is 14.1. The lowest BCUT2D eigenvalue weighted by Crippen LogP contribution is -2.37. The second-order valence-corrected chi connectivity index (χ2v) is 8.59. The maximum absolute atomic E-state index is 13.2. The number of benzene rings is 2. The van der Waals surface area contributed by atoms with Gasteiger partial charge in [-0.25, -0.2) is 0 Å². The predicted molar refractivity (Wildman–Crippen MR) is 124 cm³/mol. The maximum atomic E-state index is 13.2. The fourth-order valence-corrected chi connectivity index (χ4v) is 4.14. The van der Waals surface area contributed by atoms with Gasteiger partial charge < -0.3 is 15.1 Å². The molecule has 2 aromatic carbocycles. The van der Waals surface area contributed by atoms with Gasteiger partial charge in [0, 0.05) is 42.4 Å². The number of carbonyl (C=O) groups is 2. The van der Waals surface area contributed by atoms with Gasteiger partial charge in [-0.15, -0.1) is 0 Å². The highest BCUT2D eigenvalue weighted by atomic mass is 79.9. The summed E-state index contributed by atoms with van der Waals surface area (Å²) in [6.07, 6.45) is 3.15. The Kier molecular flexibility index (Phi) is 7.27. The zero-order chi connectivity index (χ0) is 22.5. The first kappa shape index (κ1) is 22.7. The number of amides is 2. The van der Waals surface area contributed by atoms with Crippen LogP contribution in [0, 0.1) is 17.0 Å².